The van der Waals surface area contributed by atoms with E-state index >= 15 is 0 Å². The Balaban J connectivity index is 2.37. The van der Waals surface area contributed by atoms with Crippen molar-refractivity contribution in [2.75, 3.05) is 0 Å². The van der Waals surface area contributed by atoms with Crippen LogP contribution in [0.4, 0.5) is 0 Å². The monoisotopic (exact) mass is 283 g/mol. The van der Waals surface area contributed by atoms with Gasteiger partial charge in [0.2, 0.25) is 10.0 Å². The van der Waals surface area contributed by atoms with Crippen LogP contribution in [0.15, 0.2) is 30.3 Å². The first kappa shape index (κ1) is 16.2. The fourth-order valence-electron chi connectivity index (χ4n) is 2.08. The van der Waals surface area contributed by atoms with Crippen molar-refractivity contribution in [1.29, 1.82) is 0 Å². The maximum atomic E-state index is 12.0. The summed E-state index contributed by atoms with van der Waals surface area (Å²) in [6.07, 6.45) is 5.61. The lowest BCUT2D eigenvalue weighted by Crippen LogP contribution is -2.33. The van der Waals surface area contributed by atoms with Crippen LogP contribution in [-0.4, -0.2) is 14.5 Å². The first-order valence-electron chi connectivity index (χ1n) is 7.07. The summed E-state index contributed by atoms with van der Waals surface area (Å²) >= 11 is 0. The molecule has 0 aliphatic heterocycles. The Kier molecular flexibility index (Phi) is 7.10. The van der Waals surface area contributed by atoms with Crippen molar-refractivity contribution in [3.8, 4) is 0 Å². The zero-order valence-corrected chi connectivity index (χ0v) is 12.7. The largest absolute Gasteiger partial charge is 0.216 e. The fourth-order valence-corrected chi connectivity index (χ4v) is 3.52. The second-order valence-electron chi connectivity index (χ2n) is 5.11. The number of benzene rings is 1. The standard InChI is InChI=1S/C15H25NO2S/c1-3-4-5-7-10-14(2)16-19(17,18)13-15-11-8-6-9-12-15/h6,8-9,11-12,14,16H,3-5,7,10,13H2,1-2H3. The molecule has 19 heavy (non-hydrogen) atoms. The molecule has 0 saturated heterocycles. The molecule has 1 atom stereocenters. The molecule has 108 valence electrons. The van der Waals surface area contributed by atoms with Gasteiger partial charge in [-0.15, -0.1) is 0 Å². The first-order chi connectivity index (χ1) is 9.03. The van der Waals surface area contributed by atoms with E-state index in [1.165, 1.54) is 19.3 Å². The second-order valence-corrected chi connectivity index (χ2v) is 6.87. The molecule has 1 rings (SSSR count). The molecule has 1 aromatic carbocycles. The fraction of sp³-hybridized carbons (Fsp3) is 0.600. The smallest absolute Gasteiger partial charge is 0.212 e. The Labute approximate surface area is 117 Å². The lowest BCUT2D eigenvalue weighted by Gasteiger charge is -2.14. The number of rotatable bonds is 9. The van der Waals surface area contributed by atoms with Gasteiger partial charge in [-0.2, -0.15) is 0 Å². The van der Waals surface area contributed by atoms with Crippen molar-refractivity contribution in [1.82, 2.24) is 4.72 Å². The van der Waals surface area contributed by atoms with Gasteiger partial charge in [-0.1, -0.05) is 62.9 Å². The van der Waals surface area contributed by atoms with E-state index in [9.17, 15) is 8.42 Å². The van der Waals surface area contributed by atoms with Crippen molar-refractivity contribution in [2.24, 2.45) is 0 Å². The molecule has 0 aliphatic carbocycles. The summed E-state index contributed by atoms with van der Waals surface area (Å²) in [5.41, 5.74) is 0.827. The number of hydrogen-bond acceptors (Lipinski definition) is 2. The van der Waals surface area contributed by atoms with Crippen LogP contribution in [0.5, 0.6) is 0 Å². The summed E-state index contributed by atoms with van der Waals surface area (Å²) in [4.78, 5) is 0. The highest BCUT2D eigenvalue weighted by molar-refractivity contribution is 7.88. The minimum absolute atomic E-state index is 0.0190. The summed E-state index contributed by atoms with van der Waals surface area (Å²) in [6.45, 7) is 4.11. The van der Waals surface area contributed by atoms with E-state index in [1.54, 1.807) is 0 Å². The molecular weight excluding hydrogens is 258 g/mol. The van der Waals surface area contributed by atoms with Crippen molar-refractivity contribution in [3.05, 3.63) is 35.9 Å². The third-order valence-electron chi connectivity index (χ3n) is 3.07. The van der Waals surface area contributed by atoms with Crippen LogP contribution in [0.1, 0.15) is 51.5 Å². The van der Waals surface area contributed by atoms with E-state index in [1.807, 2.05) is 37.3 Å². The average Bonchev–Trinajstić information content (AvgIpc) is 2.34. The molecule has 0 aromatic heterocycles. The number of nitrogens with one attached hydrogen (secondary N) is 1. The summed E-state index contributed by atoms with van der Waals surface area (Å²) in [5.74, 6) is 0.0626. The van der Waals surface area contributed by atoms with Crippen LogP contribution in [0.3, 0.4) is 0 Å². The van der Waals surface area contributed by atoms with Crippen molar-refractivity contribution < 1.29 is 8.42 Å². The Hall–Kier alpha value is -0.870. The van der Waals surface area contributed by atoms with Gasteiger partial charge in [0, 0.05) is 6.04 Å². The van der Waals surface area contributed by atoms with E-state index in [2.05, 4.69) is 11.6 Å². The summed E-state index contributed by atoms with van der Waals surface area (Å²) in [6, 6.07) is 9.31. The van der Waals surface area contributed by atoms with Gasteiger partial charge < -0.3 is 0 Å². The quantitative estimate of drug-likeness (QED) is 0.705. The van der Waals surface area contributed by atoms with E-state index < -0.39 is 10.0 Å². The minimum Gasteiger partial charge on any atom is -0.212 e. The highest BCUT2D eigenvalue weighted by Crippen LogP contribution is 2.08. The lowest BCUT2D eigenvalue weighted by molar-refractivity contribution is 0.521. The molecule has 1 N–H and O–H groups in total. The third-order valence-corrected chi connectivity index (χ3v) is 4.55. The first-order valence-corrected chi connectivity index (χ1v) is 8.72. The second kappa shape index (κ2) is 8.33. The zero-order valence-electron chi connectivity index (χ0n) is 11.9. The molecule has 0 amide bonds. The van der Waals surface area contributed by atoms with E-state index in [0.29, 0.717) is 0 Å². The average molecular weight is 283 g/mol. The molecule has 0 heterocycles. The van der Waals surface area contributed by atoms with Gasteiger partial charge in [0.25, 0.3) is 0 Å². The Bertz CT molecular complexity index is 442. The molecule has 3 nitrogen and oxygen atoms in total. The number of hydrogen-bond donors (Lipinski definition) is 1. The van der Waals surface area contributed by atoms with Crippen LogP contribution in [0.25, 0.3) is 0 Å². The van der Waals surface area contributed by atoms with E-state index in [0.717, 1.165) is 18.4 Å². The van der Waals surface area contributed by atoms with Crippen molar-refractivity contribution >= 4 is 10.0 Å². The molecule has 0 aliphatic rings. The van der Waals surface area contributed by atoms with Gasteiger partial charge in [0.1, 0.15) is 0 Å². The van der Waals surface area contributed by atoms with Gasteiger partial charge in [0.05, 0.1) is 5.75 Å². The summed E-state index contributed by atoms with van der Waals surface area (Å²) in [7, 11) is -3.23. The molecule has 0 radical (unpaired) electrons. The molecule has 0 saturated carbocycles. The number of unbranched alkanes of at least 4 members (excludes halogenated alkanes) is 3. The van der Waals surface area contributed by atoms with Crippen LogP contribution < -0.4 is 4.72 Å². The van der Waals surface area contributed by atoms with E-state index in [-0.39, 0.29) is 11.8 Å². The molecule has 1 unspecified atom stereocenters. The number of sulfonamides is 1. The van der Waals surface area contributed by atoms with Gasteiger partial charge in [-0.3, -0.25) is 0 Å². The molecular formula is C15H25NO2S. The maximum Gasteiger partial charge on any atom is 0.216 e. The third kappa shape index (κ3) is 7.33. The van der Waals surface area contributed by atoms with Crippen LogP contribution in [-0.2, 0) is 15.8 Å². The Morgan fingerprint density at radius 1 is 1.11 bits per heavy atom. The van der Waals surface area contributed by atoms with Crippen LogP contribution in [0.2, 0.25) is 0 Å². The van der Waals surface area contributed by atoms with Crippen molar-refractivity contribution in [2.45, 2.75) is 57.7 Å². The van der Waals surface area contributed by atoms with Gasteiger partial charge >= 0.3 is 0 Å². The molecule has 0 spiro atoms. The van der Waals surface area contributed by atoms with E-state index in [4.69, 9.17) is 0 Å². The topological polar surface area (TPSA) is 46.2 Å². The molecule has 0 bridgehead atoms. The highest BCUT2D eigenvalue weighted by atomic mass is 32.2. The lowest BCUT2D eigenvalue weighted by atomic mass is 10.1. The molecule has 4 heteroatoms. The van der Waals surface area contributed by atoms with Crippen LogP contribution >= 0.6 is 0 Å². The predicted octanol–water partition coefficient (Wildman–Crippen LogP) is 3.46. The summed E-state index contributed by atoms with van der Waals surface area (Å²) < 4.78 is 26.7. The summed E-state index contributed by atoms with van der Waals surface area (Å²) in [5, 5.41) is 0. The van der Waals surface area contributed by atoms with Gasteiger partial charge in [0.15, 0.2) is 0 Å². The van der Waals surface area contributed by atoms with Gasteiger partial charge in [-0.05, 0) is 18.9 Å². The Morgan fingerprint density at radius 3 is 2.42 bits per heavy atom. The highest BCUT2D eigenvalue weighted by Gasteiger charge is 2.14. The van der Waals surface area contributed by atoms with Crippen molar-refractivity contribution in [3.63, 3.8) is 0 Å². The van der Waals surface area contributed by atoms with Gasteiger partial charge in [-0.25, -0.2) is 13.1 Å². The normalized spacial score (nSPS) is 13.4. The Morgan fingerprint density at radius 2 is 1.79 bits per heavy atom. The maximum absolute atomic E-state index is 12.0. The van der Waals surface area contributed by atoms with Crippen LogP contribution in [0, 0.1) is 0 Å². The molecule has 1 aromatic rings. The minimum atomic E-state index is -3.23. The zero-order chi connectivity index (χ0) is 14.1. The SMILES string of the molecule is CCCCCCC(C)NS(=O)(=O)Cc1ccccc1. The molecule has 0 fully saturated rings. The predicted molar refractivity (Wildman–Crippen MR) is 80.4 cm³/mol.